The number of ether oxygens (including phenoxy) is 1. The molecule has 2 rings (SSSR count). The summed E-state index contributed by atoms with van der Waals surface area (Å²) in [6, 6.07) is 7.58. The maximum absolute atomic E-state index is 10.7. The van der Waals surface area contributed by atoms with E-state index in [9.17, 15) is 4.79 Å². The van der Waals surface area contributed by atoms with Crippen molar-refractivity contribution >= 4 is 11.8 Å². The van der Waals surface area contributed by atoms with Crippen molar-refractivity contribution < 1.29 is 11.0 Å². The maximum atomic E-state index is 10.7. The molecule has 0 radical (unpaired) electrons. The lowest BCUT2D eigenvalue weighted by Crippen LogP contribution is -2.19. The van der Waals surface area contributed by atoms with Crippen LogP contribution in [0.4, 0.5) is 10.5 Å². The van der Waals surface area contributed by atoms with Gasteiger partial charge < -0.3 is 4.74 Å². The van der Waals surface area contributed by atoms with Crippen molar-refractivity contribution in [2.75, 3.05) is 5.32 Å². The van der Waals surface area contributed by atoms with Crippen LogP contribution in [-0.4, -0.2) is 6.09 Å². The topological polar surface area (TPSA) is 38.3 Å². The van der Waals surface area contributed by atoms with Crippen LogP contribution in [0.1, 0.15) is 6.99 Å². The molecule has 0 saturated carbocycles. The summed E-state index contributed by atoms with van der Waals surface area (Å²) in [5.74, 6) is 0. The molecule has 0 saturated heterocycles. The summed E-state index contributed by atoms with van der Waals surface area (Å²) in [6.45, 7) is 0.377. The summed E-state index contributed by atoms with van der Waals surface area (Å²) in [5, 5.41) is 2.60. The zero-order valence-electron chi connectivity index (χ0n) is 5.83. The number of nitrogens with one attached hydrogen (secondary N) is 1. The second-order valence-electron chi connectivity index (χ2n) is 2.36. The van der Waals surface area contributed by atoms with Crippen molar-refractivity contribution in [2.45, 2.75) is 6.61 Å². The molecule has 3 heteroatoms. The molecule has 0 bridgehead atoms. The molecule has 1 N–H and O–H groups in total. The lowest BCUT2D eigenvalue weighted by atomic mass is 10.2. The van der Waals surface area contributed by atoms with E-state index in [0.717, 1.165) is 11.3 Å². The van der Waals surface area contributed by atoms with Crippen LogP contribution in [0.15, 0.2) is 24.3 Å². The number of fused-ring (bicyclic) bond motifs is 1. The molecule has 0 aromatic heterocycles. The van der Waals surface area contributed by atoms with Gasteiger partial charge in [-0.1, -0.05) is 18.2 Å². The van der Waals surface area contributed by atoms with E-state index in [0.29, 0.717) is 6.61 Å². The monoisotopic (exact) mass is 151 g/mol. The van der Waals surface area contributed by atoms with Crippen LogP contribution in [0.2, 0.25) is 0 Å². The van der Waals surface area contributed by atoms with Gasteiger partial charge in [-0.2, -0.15) is 0 Å². The van der Waals surface area contributed by atoms with Crippen molar-refractivity contribution in [3.05, 3.63) is 29.8 Å². The molecule has 0 spiro atoms. The largest absolute Gasteiger partial charge is 0.444 e. The zero-order valence-corrected chi connectivity index (χ0v) is 5.83. The molecule has 1 heterocycles. The van der Waals surface area contributed by atoms with Gasteiger partial charge in [0, 0.05) is 6.99 Å². The van der Waals surface area contributed by atoms with Crippen LogP contribution < -0.4 is 5.32 Å². The second kappa shape index (κ2) is 2.27. The van der Waals surface area contributed by atoms with Gasteiger partial charge in [0.2, 0.25) is 0 Å². The SMILES string of the molecule is O=C1Nc2ccccc2CO1.[HH]. The minimum Gasteiger partial charge on any atom is -0.444 e. The van der Waals surface area contributed by atoms with Crippen LogP contribution in [0, 0.1) is 0 Å². The molecule has 0 unspecified atom stereocenters. The maximum Gasteiger partial charge on any atom is 0.411 e. The molecule has 1 aliphatic rings. The third-order valence-corrected chi connectivity index (χ3v) is 1.61. The van der Waals surface area contributed by atoms with E-state index < -0.39 is 0 Å². The number of cyclic esters (lactones) is 1. The van der Waals surface area contributed by atoms with Gasteiger partial charge in [-0.3, -0.25) is 5.32 Å². The number of benzene rings is 1. The van der Waals surface area contributed by atoms with Gasteiger partial charge >= 0.3 is 6.09 Å². The molecule has 0 fully saturated rings. The molecule has 1 aromatic carbocycles. The Kier molecular flexibility index (Phi) is 1.28. The van der Waals surface area contributed by atoms with Crippen molar-refractivity contribution in [2.24, 2.45) is 0 Å². The van der Waals surface area contributed by atoms with E-state index in [-0.39, 0.29) is 7.52 Å². The Balaban J connectivity index is 0.000000720. The molecule has 1 aliphatic heterocycles. The van der Waals surface area contributed by atoms with Gasteiger partial charge in [0.1, 0.15) is 6.61 Å². The fourth-order valence-electron chi connectivity index (χ4n) is 1.06. The molecule has 1 aromatic rings. The highest BCUT2D eigenvalue weighted by atomic mass is 16.5. The van der Waals surface area contributed by atoms with Gasteiger partial charge in [0.05, 0.1) is 5.69 Å². The Labute approximate surface area is 65.5 Å². The number of carbonyl (C=O) groups is 1. The lowest BCUT2D eigenvalue weighted by molar-refractivity contribution is 0.151. The van der Waals surface area contributed by atoms with Gasteiger partial charge in [-0.15, -0.1) is 0 Å². The normalized spacial score (nSPS) is 14.7. The smallest absolute Gasteiger partial charge is 0.411 e. The number of hydrogen-bond acceptors (Lipinski definition) is 2. The Hall–Kier alpha value is -1.51. The molecule has 11 heavy (non-hydrogen) atoms. The van der Waals surface area contributed by atoms with Gasteiger partial charge in [-0.05, 0) is 6.07 Å². The quantitative estimate of drug-likeness (QED) is 0.615. The third kappa shape index (κ3) is 1.05. The summed E-state index contributed by atoms with van der Waals surface area (Å²) < 4.78 is 4.75. The number of para-hydroxylation sites is 1. The average Bonchev–Trinajstić information content (AvgIpc) is 2.04. The molecule has 1 amide bonds. The first kappa shape index (κ1) is 6.22. The van der Waals surface area contributed by atoms with Crippen LogP contribution in [0.3, 0.4) is 0 Å². The standard InChI is InChI=1S/C8H7NO2.H2/c10-8-9-7-4-2-1-3-6(7)5-11-8;/h1-4H,5H2,(H,9,10);1H. The third-order valence-electron chi connectivity index (χ3n) is 1.61. The fourth-order valence-corrected chi connectivity index (χ4v) is 1.06. The van der Waals surface area contributed by atoms with Crippen LogP contribution in [-0.2, 0) is 11.3 Å². The Morgan fingerprint density at radius 2 is 2.27 bits per heavy atom. The van der Waals surface area contributed by atoms with E-state index >= 15 is 0 Å². The average molecular weight is 151 g/mol. The van der Waals surface area contributed by atoms with Crippen LogP contribution in [0.25, 0.3) is 0 Å². The van der Waals surface area contributed by atoms with Crippen molar-refractivity contribution in [1.29, 1.82) is 0 Å². The molecule has 3 nitrogen and oxygen atoms in total. The molecule has 0 atom stereocenters. The summed E-state index contributed by atoms with van der Waals surface area (Å²) in [7, 11) is 0. The van der Waals surface area contributed by atoms with Crippen molar-refractivity contribution in [3.8, 4) is 0 Å². The molecular formula is C8H9NO2. The number of amides is 1. The molecule has 58 valence electrons. The Bertz CT molecular complexity index is 301. The number of rotatable bonds is 0. The number of anilines is 1. The first-order valence-electron chi connectivity index (χ1n) is 3.38. The van der Waals surface area contributed by atoms with E-state index in [1.54, 1.807) is 0 Å². The predicted molar refractivity (Wildman–Crippen MR) is 42.4 cm³/mol. The van der Waals surface area contributed by atoms with Crippen LogP contribution in [0.5, 0.6) is 0 Å². The highest BCUT2D eigenvalue weighted by molar-refractivity contribution is 5.87. The summed E-state index contributed by atoms with van der Waals surface area (Å²) in [6.07, 6.45) is -0.372. The van der Waals surface area contributed by atoms with Gasteiger partial charge in [0.15, 0.2) is 0 Å². The highest BCUT2D eigenvalue weighted by Gasteiger charge is 2.13. The summed E-state index contributed by atoms with van der Waals surface area (Å²) in [4.78, 5) is 10.7. The second-order valence-corrected chi connectivity index (χ2v) is 2.36. The minimum absolute atomic E-state index is 0. The molecule has 0 aliphatic carbocycles. The first-order chi connectivity index (χ1) is 5.36. The Morgan fingerprint density at radius 1 is 1.45 bits per heavy atom. The number of carbonyl (C=O) groups excluding carboxylic acids is 1. The van der Waals surface area contributed by atoms with Crippen molar-refractivity contribution in [3.63, 3.8) is 0 Å². The van der Waals surface area contributed by atoms with E-state index in [1.807, 2.05) is 24.3 Å². The van der Waals surface area contributed by atoms with Gasteiger partial charge in [-0.25, -0.2) is 4.79 Å². The van der Waals surface area contributed by atoms with E-state index in [4.69, 9.17) is 4.74 Å². The number of hydrogen-bond donors (Lipinski definition) is 1. The summed E-state index contributed by atoms with van der Waals surface area (Å²) in [5.41, 5.74) is 1.87. The highest BCUT2D eigenvalue weighted by Crippen LogP contribution is 2.19. The zero-order chi connectivity index (χ0) is 7.68. The Morgan fingerprint density at radius 3 is 3.18 bits per heavy atom. The first-order valence-corrected chi connectivity index (χ1v) is 3.38. The van der Waals surface area contributed by atoms with Crippen molar-refractivity contribution in [1.82, 2.24) is 0 Å². The van der Waals surface area contributed by atoms with E-state index in [1.165, 1.54) is 0 Å². The predicted octanol–water partition coefficient (Wildman–Crippen LogP) is 1.99. The van der Waals surface area contributed by atoms with Crippen LogP contribution >= 0.6 is 0 Å². The van der Waals surface area contributed by atoms with E-state index in [2.05, 4.69) is 5.32 Å². The van der Waals surface area contributed by atoms with Gasteiger partial charge in [0.25, 0.3) is 0 Å². The fraction of sp³-hybridized carbons (Fsp3) is 0.125. The summed E-state index contributed by atoms with van der Waals surface area (Å²) >= 11 is 0. The molecular weight excluding hydrogens is 142 g/mol. The minimum atomic E-state index is -0.372. The lowest BCUT2D eigenvalue weighted by Gasteiger charge is -2.16.